The predicted molar refractivity (Wildman–Crippen MR) is 51.9 cm³/mol. The molecule has 1 aromatic carbocycles. The highest BCUT2D eigenvalue weighted by Gasteiger charge is 2.04. The van der Waals surface area contributed by atoms with Crippen molar-refractivity contribution in [1.29, 1.82) is 0 Å². The number of aryl methyl sites for hydroxylation is 1. The van der Waals surface area contributed by atoms with Crippen LogP contribution in [0.3, 0.4) is 0 Å². The third-order valence-corrected chi connectivity index (χ3v) is 1.77. The molecule has 0 spiro atoms. The van der Waals surface area contributed by atoms with Crippen LogP contribution in [0.15, 0.2) is 12.1 Å². The van der Waals surface area contributed by atoms with Crippen molar-refractivity contribution in [1.82, 2.24) is 0 Å². The Morgan fingerprint density at radius 2 is 1.83 bits per heavy atom. The molecule has 2 N–H and O–H groups in total. The molecule has 0 unspecified atom stereocenters. The molecule has 0 bridgehead atoms. The lowest BCUT2D eigenvalue weighted by atomic mass is 10.2. The molecule has 0 atom stereocenters. The summed E-state index contributed by atoms with van der Waals surface area (Å²) in [4.78, 5) is 0. The van der Waals surface area contributed by atoms with Gasteiger partial charge in [0.1, 0.15) is 0 Å². The van der Waals surface area contributed by atoms with Gasteiger partial charge in [-0.05, 0) is 18.6 Å². The van der Waals surface area contributed by atoms with Gasteiger partial charge in [-0.3, -0.25) is 0 Å². The van der Waals surface area contributed by atoms with Gasteiger partial charge in [-0.1, -0.05) is 31.5 Å². The quantitative estimate of drug-likeness (QED) is 0.622. The van der Waals surface area contributed by atoms with Gasteiger partial charge in [0, 0.05) is 0 Å². The van der Waals surface area contributed by atoms with E-state index in [1.165, 1.54) is 6.07 Å². The van der Waals surface area contributed by atoms with Crippen molar-refractivity contribution < 1.29 is 4.39 Å². The Balaban J connectivity index is 0.000000561. The SMILES string of the molecule is CC.Cc1ccc(N)c(F)c1Cl. The molecule has 68 valence electrons. The highest BCUT2D eigenvalue weighted by molar-refractivity contribution is 6.31. The predicted octanol–water partition coefficient (Wildman–Crippen LogP) is 3.40. The van der Waals surface area contributed by atoms with E-state index in [-0.39, 0.29) is 10.7 Å². The molecule has 0 aromatic heterocycles. The highest BCUT2D eigenvalue weighted by atomic mass is 35.5. The molecule has 1 nitrogen and oxygen atoms in total. The molecular formula is C9H13ClFN. The fourth-order valence-electron chi connectivity index (χ4n) is 0.661. The van der Waals surface area contributed by atoms with Crippen LogP contribution < -0.4 is 5.73 Å². The average molecular weight is 190 g/mol. The molecule has 0 aliphatic heterocycles. The topological polar surface area (TPSA) is 26.0 Å². The largest absolute Gasteiger partial charge is 0.396 e. The third-order valence-electron chi connectivity index (χ3n) is 1.31. The first kappa shape index (κ1) is 11.2. The second-order valence-electron chi connectivity index (χ2n) is 2.10. The maximum absolute atomic E-state index is 12.7. The van der Waals surface area contributed by atoms with Crippen LogP contribution in [-0.4, -0.2) is 0 Å². The van der Waals surface area contributed by atoms with Crippen molar-refractivity contribution in [3.63, 3.8) is 0 Å². The smallest absolute Gasteiger partial charge is 0.164 e. The number of rotatable bonds is 0. The van der Waals surface area contributed by atoms with Crippen LogP contribution in [0.4, 0.5) is 10.1 Å². The molecular weight excluding hydrogens is 177 g/mol. The van der Waals surface area contributed by atoms with E-state index in [4.69, 9.17) is 17.3 Å². The number of halogens is 2. The first-order valence-corrected chi connectivity index (χ1v) is 4.21. The van der Waals surface area contributed by atoms with Crippen LogP contribution in [0, 0.1) is 12.7 Å². The van der Waals surface area contributed by atoms with Crippen LogP contribution in [0.2, 0.25) is 5.02 Å². The standard InChI is InChI=1S/C7H7ClFN.C2H6/c1-4-2-3-5(10)7(9)6(4)8;1-2/h2-3H,10H2,1H3;1-2H3. The molecule has 1 aromatic rings. The molecule has 0 saturated carbocycles. The normalized spacial score (nSPS) is 8.75. The molecule has 0 fully saturated rings. The van der Waals surface area contributed by atoms with E-state index in [1.807, 2.05) is 13.8 Å². The Hall–Kier alpha value is -0.760. The van der Waals surface area contributed by atoms with Crippen LogP contribution in [0.25, 0.3) is 0 Å². The Kier molecular flexibility index (Phi) is 4.67. The molecule has 12 heavy (non-hydrogen) atoms. The summed E-state index contributed by atoms with van der Waals surface area (Å²) in [7, 11) is 0. The van der Waals surface area contributed by atoms with Gasteiger partial charge in [0.2, 0.25) is 0 Å². The monoisotopic (exact) mass is 189 g/mol. The van der Waals surface area contributed by atoms with Crippen molar-refractivity contribution in [3.8, 4) is 0 Å². The Bertz CT molecular complexity index is 234. The number of benzene rings is 1. The molecule has 0 amide bonds. The molecule has 0 saturated heterocycles. The Morgan fingerprint density at radius 3 is 2.25 bits per heavy atom. The molecule has 0 aliphatic rings. The lowest BCUT2D eigenvalue weighted by molar-refractivity contribution is 0.632. The van der Waals surface area contributed by atoms with Gasteiger partial charge in [-0.2, -0.15) is 0 Å². The molecule has 1 rings (SSSR count). The zero-order valence-corrected chi connectivity index (χ0v) is 8.24. The maximum atomic E-state index is 12.7. The zero-order chi connectivity index (χ0) is 9.72. The second kappa shape index (κ2) is 4.99. The third kappa shape index (κ3) is 2.38. The van der Waals surface area contributed by atoms with E-state index >= 15 is 0 Å². The van der Waals surface area contributed by atoms with Gasteiger partial charge in [0.15, 0.2) is 5.82 Å². The van der Waals surface area contributed by atoms with Crippen molar-refractivity contribution in [2.24, 2.45) is 0 Å². The minimum atomic E-state index is -0.526. The van der Waals surface area contributed by atoms with Gasteiger partial charge in [-0.25, -0.2) is 4.39 Å². The van der Waals surface area contributed by atoms with E-state index < -0.39 is 5.82 Å². The van der Waals surface area contributed by atoms with Crippen LogP contribution in [0.5, 0.6) is 0 Å². The van der Waals surface area contributed by atoms with E-state index in [1.54, 1.807) is 13.0 Å². The first-order valence-electron chi connectivity index (χ1n) is 3.83. The summed E-state index contributed by atoms with van der Waals surface area (Å²) in [6, 6.07) is 3.18. The summed E-state index contributed by atoms with van der Waals surface area (Å²) in [5.41, 5.74) is 6.03. The molecule has 0 heterocycles. The molecule has 0 radical (unpaired) electrons. The van der Waals surface area contributed by atoms with Crippen LogP contribution in [0.1, 0.15) is 19.4 Å². The van der Waals surface area contributed by atoms with Crippen LogP contribution in [-0.2, 0) is 0 Å². The fourth-order valence-corrected chi connectivity index (χ4v) is 0.833. The van der Waals surface area contributed by atoms with E-state index in [0.717, 1.165) is 0 Å². The van der Waals surface area contributed by atoms with Crippen molar-refractivity contribution >= 4 is 17.3 Å². The summed E-state index contributed by atoms with van der Waals surface area (Å²) in [5, 5.41) is 0.111. The first-order chi connectivity index (χ1) is 5.63. The summed E-state index contributed by atoms with van der Waals surface area (Å²) in [6.45, 7) is 5.73. The van der Waals surface area contributed by atoms with Gasteiger partial charge in [0.05, 0.1) is 10.7 Å². The minimum Gasteiger partial charge on any atom is -0.396 e. The highest BCUT2D eigenvalue weighted by Crippen LogP contribution is 2.23. The van der Waals surface area contributed by atoms with Gasteiger partial charge >= 0.3 is 0 Å². The van der Waals surface area contributed by atoms with Gasteiger partial charge < -0.3 is 5.73 Å². The molecule has 3 heteroatoms. The summed E-state index contributed by atoms with van der Waals surface area (Å²) >= 11 is 5.53. The van der Waals surface area contributed by atoms with E-state index in [0.29, 0.717) is 5.56 Å². The fraction of sp³-hybridized carbons (Fsp3) is 0.333. The van der Waals surface area contributed by atoms with E-state index in [2.05, 4.69) is 0 Å². The van der Waals surface area contributed by atoms with E-state index in [9.17, 15) is 4.39 Å². The summed E-state index contributed by atoms with van der Waals surface area (Å²) in [6.07, 6.45) is 0. The maximum Gasteiger partial charge on any atom is 0.164 e. The summed E-state index contributed by atoms with van der Waals surface area (Å²) < 4.78 is 12.7. The minimum absolute atomic E-state index is 0.0931. The number of nitrogen functional groups attached to an aromatic ring is 1. The second-order valence-corrected chi connectivity index (χ2v) is 2.48. The number of anilines is 1. The van der Waals surface area contributed by atoms with Crippen molar-refractivity contribution in [2.45, 2.75) is 20.8 Å². The van der Waals surface area contributed by atoms with Crippen molar-refractivity contribution in [3.05, 3.63) is 28.5 Å². The lowest BCUT2D eigenvalue weighted by Gasteiger charge is -2.00. The van der Waals surface area contributed by atoms with Crippen molar-refractivity contribution in [2.75, 3.05) is 5.73 Å². The molecule has 0 aliphatic carbocycles. The Labute approximate surface area is 77.3 Å². The van der Waals surface area contributed by atoms with Crippen LogP contribution >= 0.6 is 11.6 Å². The number of nitrogens with two attached hydrogens (primary N) is 1. The summed E-state index contributed by atoms with van der Waals surface area (Å²) in [5.74, 6) is -0.526. The average Bonchev–Trinajstić information content (AvgIpc) is 2.12. The zero-order valence-electron chi connectivity index (χ0n) is 7.49. The number of hydrogen-bond donors (Lipinski definition) is 1. The van der Waals surface area contributed by atoms with Gasteiger partial charge in [0.25, 0.3) is 0 Å². The Morgan fingerprint density at radius 1 is 1.33 bits per heavy atom. The lowest BCUT2D eigenvalue weighted by Crippen LogP contribution is -1.91. The van der Waals surface area contributed by atoms with Gasteiger partial charge in [-0.15, -0.1) is 0 Å². The number of hydrogen-bond acceptors (Lipinski definition) is 1.